The Morgan fingerprint density at radius 2 is 0.941 bits per heavy atom. The molecule has 0 aliphatic carbocycles. The number of rotatable bonds is 4. The molecule has 4 N–H and O–H groups in total. The molecule has 0 radical (unpaired) electrons. The van der Waals surface area contributed by atoms with Crippen LogP contribution >= 0.6 is 0 Å². The summed E-state index contributed by atoms with van der Waals surface area (Å²) in [5.41, 5.74) is 1.34. The van der Waals surface area contributed by atoms with Gasteiger partial charge in [-0.3, -0.25) is 13.8 Å². The van der Waals surface area contributed by atoms with E-state index in [1.54, 1.807) is 85.3 Å². The fourth-order valence-corrected chi connectivity index (χ4v) is 3.23. The van der Waals surface area contributed by atoms with E-state index in [4.69, 9.17) is 0 Å². The van der Waals surface area contributed by atoms with Crippen LogP contribution in [0.3, 0.4) is 0 Å². The third kappa shape index (κ3) is 5.99. The highest BCUT2D eigenvalue weighted by Crippen LogP contribution is 2.28. The van der Waals surface area contributed by atoms with E-state index >= 15 is 0 Å². The van der Waals surface area contributed by atoms with Crippen LogP contribution in [-0.4, -0.2) is 38.7 Å². The first kappa shape index (κ1) is 24.5. The molecular formula is C26H24N2O5S. The van der Waals surface area contributed by atoms with Crippen LogP contribution in [-0.2, 0) is 10.8 Å². The van der Waals surface area contributed by atoms with Gasteiger partial charge in [0.15, 0.2) is 0 Å². The van der Waals surface area contributed by atoms with Crippen molar-refractivity contribution in [1.29, 1.82) is 0 Å². The van der Waals surface area contributed by atoms with E-state index in [1.807, 2.05) is 0 Å². The van der Waals surface area contributed by atoms with E-state index < -0.39 is 22.6 Å². The Labute approximate surface area is 199 Å². The SMILES string of the molecule is CS(C)=O.O=C(Nc1ccccc1O)c1ccc(C(=O)Nc2ccccc2O)c2ccccc12. The van der Waals surface area contributed by atoms with E-state index in [-0.39, 0.29) is 11.5 Å². The molecule has 0 heterocycles. The lowest BCUT2D eigenvalue weighted by Gasteiger charge is -2.13. The first-order chi connectivity index (χ1) is 16.3. The molecule has 4 rings (SSSR count). The second-order valence-corrected chi connectivity index (χ2v) is 8.87. The van der Waals surface area contributed by atoms with Crippen molar-refractivity contribution in [2.75, 3.05) is 23.1 Å². The highest BCUT2D eigenvalue weighted by molar-refractivity contribution is 7.83. The van der Waals surface area contributed by atoms with Gasteiger partial charge in [0.05, 0.1) is 11.4 Å². The number of carbonyl (C=O) groups is 2. The van der Waals surface area contributed by atoms with Crippen LogP contribution in [0.5, 0.6) is 11.5 Å². The number of fused-ring (bicyclic) bond motifs is 1. The van der Waals surface area contributed by atoms with Gasteiger partial charge in [0, 0.05) is 34.4 Å². The van der Waals surface area contributed by atoms with E-state index in [2.05, 4.69) is 10.6 Å². The maximum atomic E-state index is 12.8. The summed E-state index contributed by atoms with van der Waals surface area (Å²) in [6.07, 6.45) is 3.28. The van der Waals surface area contributed by atoms with Crippen molar-refractivity contribution in [3.63, 3.8) is 0 Å². The number of phenolic OH excluding ortho intramolecular Hbond substituents is 2. The van der Waals surface area contributed by atoms with Gasteiger partial charge in [-0.1, -0.05) is 48.5 Å². The summed E-state index contributed by atoms with van der Waals surface area (Å²) in [5, 5.41) is 26.4. The molecule has 0 saturated heterocycles. The number of carbonyl (C=O) groups excluding carboxylic acids is 2. The number of hydrogen-bond acceptors (Lipinski definition) is 5. The van der Waals surface area contributed by atoms with E-state index in [0.717, 1.165) is 0 Å². The molecule has 34 heavy (non-hydrogen) atoms. The maximum Gasteiger partial charge on any atom is 0.256 e. The summed E-state index contributed by atoms with van der Waals surface area (Å²) in [6.45, 7) is 0. The zero-order valence-electron chi connectivity index (χ0n) is 18.6. The summed E-state index contributed by atoms with van der Waals surface area (Å²) < 4.78 is 9.56. The Kier molecular flexibility index (Phi) is 8.00. The largest absolute Gasteiger partial charge is 0.506 e. The second-order valence-electron chi connectivity index (χ2n) is 7.39. The van der Waals surface area contributed by atoms with Crippen LogP contribution in [0, 0.1) is 0 Å². The fraction of sp³-hybridized carbons (Fsp3) is 0.0769. The van der Waals surface area contributed by atoms with Crippen LogP contribution in [0.2, 0.25) is 0 Å². The normalized spacial score (nSPS) is 10.3. The van der Waals surface area contributed by atoms with Crippen molar-refractivity contribution < 1.29 is 24.0 Å². The third-order valence-electron chi connectivity index (χ3n) is 4.72. The predicted octanol–water partition coefficient (Wildman–Crippen LogP) is 4.75. The van der Waals surface area contributed by atoms with E-state index in [0.29, 0.717) is 33.3 Å². The molecule has 0 fully saturated rings. The average Bonchev–Trinajstić information content (AvgIpc) is 2.81. The molecule has 4 aromatic carbocycles. The number of para-hydroxylation sites is 4. The minimum Gasteiger partial charge on any atom is -0.506 e. The van der Waals surface area contributed by atoms with Gasteiger partial charge in [0.1, 0.15) is 11.5 Å². The summed E-state index contributed by atoms with van der Waals surface area (Å²) in [7, 11) is -0.611. The topological polar surface area (TPSA) is 116 Å². The van der Waals surface area contributed by atoms with Gasteiger partial charge < -0.3 is 20.8 Å². The van der Waals surface area contributed by atoms with Crippen molar-refractivity contribution in [2.24, 2.45) is 0 Å². The van der Waals surface area contributed by atoms with Crippen LogP contribution in [0.15, 0.2) is 84.9 Å². The third-order valence-corrected chi connectivity index (χ3v) is 4.72. The molecule has 4 aromatic rings. The maximum absolute atomic E-state index is 12.8. The van der Waals surface area contributed by atoms with Gasteiger partial charge in [-0.2, -0.15) is 0 Å². The molecule has 0 spiro atoms. The van der Waals surface area contributed by atoms with Crippen molar-refractivity contribution in [2.45, 2.75) is 0 Å². The monoisotopic (exact) mass is 476 g/mol. The minimum atomic E-state index is -0.611. The van der Waals surface area contributed by atoms with Gasteiger partial charge in [0.25, 0.3) is 11.8 Å². The lowest BCUT2D eigenvalue weighted by molar-refractivity contribution is 0.101. The van der Waals surface area contributed by atoms with Gasteiger partial charge in [0.2, 0.25) is 0 Å². The Hall–Kier alpha value is -4.17. The zero-order chi connectivity index (χ0) is 24.7. The average molecular weight is 477 g/mol. The predicted molar refractivity (Wildman–Crippen MR) is 136 cm³/mol. The van der Waals surface area contributed by atoms with Crippen molar-refractivity contribution >= 4 is 44.8 Å². The quantitative estimate of drug-likeness (QED) is 0.317. The zero-order valence-corrected chi connectivity index (χ0v) is 19.4. The smallest absolute Gasteiger partial charge is 0.256 e. The van der Waals surface area contributed by atoms with Crippen molar-refractivity contribution in [1.82, 2.24) is 0 Å². The van der Waals surface area contributed by atoms with Crippen LogP contribution in [0.4, 0.5) is 11.4 Å². The van der Waals surface area contributed by atoms with E-state index in [9.17, 15) is 24.0 Å². The molecule has 174 valence electrons. The molecule has 0 aliphatic rings. The lowest BCUT2D eigenvalue weighted by atomic mass is 9.98. The van der Waals surface area contributed by atoms with Gasteiger partial charge in [-0.05, 0) is 47.2 Å². The minimum absolute atomic E-state index is 0.0335. The van der Waals surface area contributed by atoms with Crippen molar-refractivity contribution in [3.8, 4) is 11.5 Å². The number of anilines is 2. The molecule has 7 nitrogen and oxygen atoms in total. The van der Waals surface area contributed by atoms with Crippen LogP contribution < -0.4 is 10.6 Å². The van der Waals surface area contributed by atoms with Gasteiger partial charge in [-0.25, -0.2) is 0 Å². The fourth-order valence-electron chi connectivity index (χ4n) is 3.23. The van der Waals surface area contributed by atoms with Gasteiger partial charge >= 0.3 is 0 Å². The molecule has 0 bridgehead atoms. The number of aromatic hydroxyl groups is 2. The van der Waals surface area contributed by atoms with Crippen molar-refractivity contribution in [3.05, 3.63) is 96.1 Å². The Morgan fingerprint density at radius 3 is 1.29 bits per heavy atom. The van der Waals surface area contributed by atoms with Crippen LogP contribution in [0.1, 0.15) is 20.7 Å². The lowest BCUT2D eigenvalue weighted by Crippen LogP contribution is -2.15. The molecule has 0 aliphatic heterocycles. The molecule has 0 saturated carbocycles. The number of benzene rings is 4. The summed E-state index contributed by atoms with van der Waals surface area (Å²) in [6, 6.07) is 23.1. The van der Waals surface area contributed by atoms with Gasteiger partial charge in [-0.15, -0.1) is 0 Å². The second kappa shape index (κ2) is 11.1. The van der Waals surface area contributed by atoms with Crippen LogP contribution in [0.25, 0.3) is 10.8 Å². The molecule has 0 aromatic heterocycles. The first-order valence-corrected chi connectivity index (χ1v) is 12.2. The summed E-state index contributed by atoms with van der Waals surface area (Å²) >= 11 is 0. The summed E-state index contributed by atoms with van der Waals surface area (Å²) in [4.78, 5) is 25.7. The molecule has 0 unspecified atom stereocenters. The Balaban J connectivity index is 0.000000751. The molecular weight excluding hydrogens is 452 g/mol. The summed E-state index contributed by atoms with van der Waals surface area (Å²) in [5.74, 6) is -0.872. The number of amides is 2. The standard InChI is InChI=1S/C24H18N2O4.C2H6OS/c27-21-11-5-3-9-19(21)25-23(29)17-13-14-18(16-8-2-1-7-15(16)17)24(30)26-20-10-4-6-12-22(20)28;1-4(2)3/h1-14,27-28H,(H,25,29)(H,26,30);1-2H3. The number of nitrogens with one attached hydrogen (secondary N) is 2. The number of hydrogen-bond donors (Lipinski definition) is 4. The Morgan fingerprint density at radius 1 is 0.618 bits per heavy atom. The molecule has 8 heteroatoms. The highest BCUT2D eigenvalue weighted by atomic mass is 32.2. The number of phenols is 2. The molecule has 0 atom stereocenters. The highest BCUT2D eigenvalue weighted by Gasteiger charge is 2.17. The van der Waals surface area contributed by atoms with E-state index in [1.165, 1.54) is 12.1 Å². The Bertz CT molecular complexity index is 1270. The first-order valence-electron chi connectivity index (χ1n) is 10.2. The molecule has 2 amide bonds.